The molecule has 5 heteroatoms. The van der Waals surface area contributed by atoms with Crippen LogP contribution in [0, 0.1) is 5.92 Å². The number of hydrogen-bond donors (Lipinski definition) is 0. The van der Waals surface area contributed by atoms with E-state index in [-0.39, 0.29) is 6.09 Å². The topological polar surface area (TPSA) is 34.5 Å². The quantitative estimate of drug-likeness (QED) is 0.648. The monoisotopic (exact) mass is 406 g/mol. The number of carbonyl (C=O) groups excluding carboxylic acids is 1. The SMILES string of the molecule is CC(C1CCN(C(=O)OC(C)(C)C)CC1)n1ccc2c(Br)cccc21. The van der Waals surface area contributed by atoms with E-state index >= 15 is 0 Å². The normalized spacial score (nSPS) is 17.7. The van der Waals surface area contributed by atoms with Crippen molar-refractivity contribution in [3.8, 4) is 0 Å². The van der Waals surface area contributed by atoms with Gasteiger partial charge < -0.3 is 14.2 Å². The number of nitrogens with zero attached hydrogens (tertiary/aromatic N) is 2. The van der Waals surface area contributed by atoms with Gasteiger partial charge in [0.05, 0.1) is 0 Å². The van der Waals surface area contributed by atoms with Crippen molar-refractivity contribution in [3.63, 3.8) is 0 Å². The lowest BCUT2D eigenvalue weighted by Gasteiger charge is -2.36. The molecule has 3 rings (SSSR count). The lowest BCUT2D eigenvalue weighted by molar-refractivity contribution is 0.0166. The molecular formula is C20H27BrN2O2. The molecule has 1 aromatic carbocycles. The average Bonchev–Trinajstić information content (AvgIpc) is 2.98. The van der Waals surface area contributed by atoms with Crippen molar-refractivity contribution in [3.05, 3.63) is 34.9 Å². The number of piperidine rings is 1. The van der Waals surface area contributed by atoms with E-state index in [9.17, 15) is 4.79 Å². The maximum Gasteiger partial charge on any atom is 0.410 e. The zero-order chi connectivity index (χ0) is 18.2. The minimum Gasteiger partial charge on any atom is -0.444 e. The van der Waals surface area contributed by atoms with Crippen molar-refractivity contribution in [2.45, 2.75) is 52.2 Å². The number of carbonyl (C=O) groups is 1. The van der Waals surface area contributed by atoms with Gasteiger partial charge in [-0.15, -0.1) is 0 Å². The maximum absolute atomic E-state index is 12.2. The molecule has 0 aliphatic carbocycles. The molecule has 1 aromatic heterocycles. The fourth-order valence-electron chi connectivity index (χ4n) is 3.62. The van der Waals surface area contributed by atoms with Crippen molar-refractivity contribution >= 4 is 32.9 Å². The minimum absolute atomic E-state index is 0.186. The molecule has 1 unspecified atom stereocenters. The Hall–Kier alpha value is -1.49. The zero-order valence-corrected chi connectivity index (χ0v) is 17.0. The number of ether oxygens (including phenoxy) is 1. The summed E-state index contributed by atoms with van der Waals surface area (Å²) in [6, 6.07) is 8.92. The van der Waals surface area contributed by atoms with Gasteiger partial charge in [0.2, 0.25) is 0 Å². The molecule has 0 saturated carbocycles. The van der Waals surface area contributed by atoms with Crippen LogP contribution >= 0.6 is 15.9 Å². The highest BCUT2D eigenvalue weighted by molar-refractivity contribution is 9.10. The first-order valence-electron chi connectivity index (χ1n) is 8.99. The summed E-state index contributed by atoms with van der Waals surface area (Å²) in [6.07, 6.45) is 4.01. The second kappa shape index (κ2) is 7.02. The van der Waals surface area contributed by atoms with Crippen LogP contribution in [0.2, 0.25) is 0 Å². The van der Waals surface area contributed by atoms with Gasteiger partial charge in [0.1, 0.15) is 5.60 Å². The van der Waals surface area contributed by atoms with Gasteiger partial charge in [0.25, 0.3) is 0 Å². The van der Waals surface area contributed by atoms with Crippen LogP contribution in [0.3, 0.4) is 0 Å². The largest absolute Gasteiger partial charge is 0.444 e. The van der Waals surface area contributed by atoms with E-state index in [0.29, 0.717) is 12.0 Å². The molecule has 1 aliphatic heterocycles. The van der Waals surface area contributed by atoms with E-state index in [1.165, 1.54) is 10.9 Å². The van der Waals surface area contributed by atoms with E-state index in [1.54, 1.807) is 0 Å². The highest BCUT2D eigenvalue weighted by Gasteiger charge is 2.30. The molecule has 1 atom stereocenters. The summed E-state index contributed by atoms with van der Waals surface area (Å²) in [5, 5.41) is 1.25. The fourth-order valence-corrected chi connectivity index (χ4v) is 4.11. The Morgan fingerprint density at radius 2 is 1.92 bits per heavy atom. The fraction of sp³-hybridized carbons (Fsp3) is 0.550. The first-order valence-corrected chi connectivity index (χ1v) is 9.78. The average molecular weight is 407 g/mol. The van der Waals surface area contributed by atoms with Crippen molar-refractivity contribution in [1.29, 1.82) is 0 Å². The van der Waals surface area contributed by atoms with Crippen LogP contribution < -0.4 is 0 Å². The summed E-state index contributed by atoms with van der Waals surface area (Å²) in [5.41, 5.74) is 0.829. The van der Waals surface area contributed by atoms with Crippen LogP contribution in [-0.2, 0) is 4.74 Å². The molecule has 1 saturated heterocycles. The smallest absolute Gasteiger partial charge is 0.410 e. The van der Waals surface area contributed by atoms with Crippen molar-refractivity contribution < 1.29 is 9.53 Å². The number of rotatable bonds is 2. The Morgan fingerprint density at radius 3 is 2.56 bits per heavy atom. The Kier molecular flexibility index (Phi) is 5.14. The Bertz CT molecular complexity index is 755. The number of likely N-dealkylation sites (tertiary alicyclic amines) is 1. The predicted molar refractivity (Wildman–Crippen MR) is 105 cm³/mol. The minimum atomic E-state index is -0.432. The molecule has 4 nitrogen and oxygen atoms in total. The first kappa shape index (κ1) is 18.3. The van der Waals surface area contributed by atoms with Crippen LogP contribution in [0.1, 0.15) is 46.6 Å². The van der Waals surface area contributed by atoms with Gasteiger partial charge in [-0.05, 0) is 64.7 Å². The van der Waals surface area contributed by atoms with Gasteiger partial charge >= 0.3 is 6.09 Å². The molecule has 136 valence electrons. The second-order valence-electron chi connectivity index (χ2n) is 7.94. The lowest BCUT2D eigenvalue weighted by atomic mass is 9.90. The van der Waals surface area contributed by atoms with Crippen LogP contribution in [0.5, 0.6) is 0 Å². The number of fused-ring (bicyclic) bond motifs is 1. The highest BCUT2D eigenvalue weighted by Crippen LogP contribution is 2.33. The van der Waals surface area contributed by atoms with E-state index in [0.717, 1.165) is 30.4 Å². The summed E-state index contributed by atoms with van der Waals surface area (Å²) in [4.78, 5) is 14.1. The predicted octanol–water partition coefficient (Wildman–Crippen LogP) is 5.61. The third kappa shape index (κ3) is 4.02. The number of amides is 1. The summed E-state index contributed by atoms with van der Waals surface area (Å²) in [5.74, 6) is 0.563. The van der Waals surface area contributed by atoms with E-state index < -0.39 is 5.60 Å². The van der Waals surface area contributed by atoms with Crippen molar-refractivity contribution in [2.75, 3.05) is 13.1 Å². The molecule has 0 N–H and O–H groups in total. The van der Waals surface area contributed by atoms with Crippen molar-refractivity contribution in [1.82, 2.24) is 9.47 Å². The molecule has 0 radical (unpaired) electrons. The lowest BCUT2D eigenvalue weighted by Crippen LogP contribution is -2.42. The number of halogens is 1. The summed E-state index contributed by atoms with van der Waals surface area (Å²) in [7, 11) is 0. The van der Waals surface area contributed by atoms with Crippen LogP contribution in [-0.4, -0.2) is 34.3 Å². The molecule has 2 heterocycles. The molecular weight excluding hydrogens is 380 g/mol. The molecule has 25 heavy (non-hydrogen) atoms. The first-order chi connectivity index (χ1) is 11.8. The van der Waals surface area contributed by atoms with Gasteiger partial charge in [-0.2, -0.15) is 0 Å². The summed E-state index contributed by atoms with van der Waals surface area (Å²) >= 11 is 3.63. The highest BCUT2D eigenvalue weighted by atomic mass is 79.9. The van der Waals surface area contributed by atoms with Gasteiger partial charge in [-0.3, -0.25) is 0 Å². The molecule has 2 aromatic rings. The standard InChI is InChI=1S/C20H27BrN2O2/c1-14(23-13-10-16-17(21)6-5-7-18(16)23)15-8-11-22(12-9-15)19(24)25-20(2,3)4/h5-7,10,13-15H,8-9,11-12H2,1-4H3. The summed E-state index contributed by atoms with van der Waals surface area (Å²) < 4.78 is 9.00. The van der Waals surface area contributed by atoms with Crippen LogP contribution in [0.4, 0.5) is 4.79 Å². The third-order valence-corrected chi connectivity index (χ3v) is 5.71. The van der Waals surface area contributed by atoms with Crippen molar-refractivity contribution in [2.24, 2.45) is 5.92 Å². The zero-order valence-electron chi connectivity index (χ0n) is 15.5. The number of hydrogen-bond acceptors (Lipinski definition) is 2. The van der Waals surface area contributed by atoms with Crippen LogP contribution in [0.15, 0.2) is 34.9 Å². The van der Waals surface area contributed by atoms with E-state index in [1.807, 2.05) is 25.7 Å². The van der Waals surface area contributed by atoms with Gasteiger partial charge in [0, 0.05) is 40.7 Å². The Balaban J connectivity index is 1.66. The molecule has 1 fully saturated rings. The molecule has 1 aliphatic rings. The second-order valence-corrected chi connectivity index (χ2v) is 8.80. The van der Waals surface area contributed by atoms with Gasteiger partial charge in [-0.1, -0.05) is 22.0 Å². The Labute approximate surface area is 158 Å². The number of aromatic nitrogens is 1. The molecule has 1 amide bonds. The maximum atomic E-state index is 12.2. The summed E-state index contributed by atoms with van der Waals surface area (Å²) in [6.45, 7) is 9.56. The van der Waals surface area contributed by atoms with E-state index in [2.05, 4.69) is 57.9 Å². The molecule has 0 spiro atoms. The van der Waals surface area contributed by atoms with Gasteiger partial charge in [0.15, 0.2) is 0 Å². The Morgan fingerprint density at radius 1 is 1.24 bits per heavy atom. The third-order valence-electron chi connectivity index (χ3n) is 5.02. The number of benzene rings is 1. The van der Waals surface area contributed by atoms with Gasteiger partial charge in [-0.25, -0.2) is 4.79 Å². The molecule has 0 bridgehead atoms. The van der Waals surface area contributed by atoms with Crippen LogP contribution in [0.25, 0.3) is 10.9 Å². The van der Waals surface area contributed by atoms with E-state index in [4.69, 9.17) is 4.74 Å².